The zero-order valence-corrected chi connectivity index (χ0v) is 13.5. The van der Waals surface area contributed by atoms with Crippen LogP contribution in [0.4, 0.5) is 0 Å². The van der Waals surface area contributed by atoms with Gasteiger partial charge in [0.15, 0.2) is 0 Å². The van der Waals surface area contributed by atoms with E-state index >= 15 is 0 Å². The number of hydrogen-bond donors (Lipinski definition) is 1. The summed E-state index contributed by atoms with van der Waals surface area (Å²) in [4.78, 5) is 28.0. The van der Waals surface area contributed by atoms with Crippen LogP contribution in [-0.2, 0) is 9.59 Å². The molecule has 0 bridgehead atoms. The number of hydrogen-bond acceptors (Lipinski definition) is 3. The van der Waals surface area contributed by atoms with Crippen molar-refractivity contribution in [2.45, 2.75) is 57.9 Å². The summed E-state index contributed by atoms with van der Waals surface area (Å²) in [7, 11) is 2.09. The molecule has 0 spiro atoms. The molecule has 1 saturated heterocycles. The maximum atomic E-state index is 12.6. The van der Waals surface area contributed by atoms with Crippen LogP contribution in [0.15, 0.2) is 0 Å². The Morgan fingerprint density at radius 3 is 2.24 bits per heavy atom. The highest BCUT2D eigenvalue weighted by Gasteiger charge is 2.41. The van der Waals surface area contributed by atoms with Gasteiger partial charge in [-0.3, -0.25) is 14.5 Å². The summed E-state index contributed by atoms with van der Waals surface area (Å²) in [5, 5.41) is 9.15. The lowest BCUT2D eigenvalue weighted by molar-refractivity contribution is -0.143. The lowest BCUT2D eigenvalue weighted by Gasteiger charge is -2.46. The Kier molecular flexibility index (Phi) is 4.61. The van der Waals surface area contributed by atoms with Gasteiger partial charge in [-0.25, -0.2) is 0 Å². The molecular weight excluding hydrogens is 268 g/mol. The van der Waals surface area contributed by atoms with E-state index in [0.717, 1.165) is 45.3 Å². The van der Waals surface area contributed by atoms with Crippen molar-refractivity contribution in [2.75, 3.05) is 26.7 Å². The molecule has 0 aromatic carbocycles. The largest absolute Gasteiger partial charge is 0.481 e. The molecule has 1 N–H and O–H groups in total. The van der Waals surface area contributed by atoms with Crippen LogP contribution in [0.2, 0.25) is 0 Å². The van der Waals surface area contributed by atoms with E-state index in [4.69, 9.17) is 5.11 Å². The number of rotatable bonds is 4. The van der Waals surface area contributed by atoms with E-state index in [-0.39, 0.29) is 23.3 Å². The van der Waals surface area contributed by atoms with Crippen LogP contribution in [0, 0.1) is 5.41 Å². The van der Waals surface area contributed by atoms with E-state index < -0.39 is 5.97 Å². The highest BCUT2D eigenvalue weighted by molar-refractivity contribution is 5.78. The average Bonchev–Trinajstić information content (AvgIpc) is 2.79. The van der Waals surface area contributed by atoms with Crippen molar-refractivity contribution >= 4 is 11.9 Å². The third kappa shape index (κ3) is 3.76. The summed E-state index contributed by atoms with van der Waals surface area (Å²) >= 11 is 0. The summed E-state index contributed by atoms with van der Waals surface area (Å²) in [5.74, 6) is -0.636. The number of aliphatic carboxylic acids is 1. The van der Waals surface area contributed by atoms with E-state index in [0.29, 0.717) is 6.42 Å². The van der Waals surface area contributed by atoms with Gasteiger partial charge in [-0.05, 0) is 39.2 Å². The average molecular weight is 296 g/mol. The zero-order chi connectivity index (χ0) is 15.7. The summed E-state index contributed by atoms with van der Waals surface area (Å²) in [6.07, 6.45) is 4.39. The maximum Gasteiger partial charge on any atom is 0.303 e. The van der Waals surface area contributed by atoms with Crippen molar-refractivity contribution in [3.8, 4) is 0 Å². The minimum atomic E-state index is -0.775. The predicted octanol–water partition coefficient (Wildman–Crippen LogP) is 1.96. The molecule has 1 heterocycles. The van der Waals surface area contributed by atoms with E-state index in [9.17, 15) is 9.59 Å². The summed E-state index contributed by atoms with van der Waals surface area (Å²) in [6, 6.07) is 0. The molecule has 2 rings (SSSR count). The number of carboxylic acid groups (broad SMARTS) is 1. The van der Waals surface area contributed by atoms with E-state index in [1.165, 1.54) is 0 Å². The molecule has 5 heteroatoms. The number of carbonyl (C=O) groups is 2. The van der Waals surface area contributed by atoms with Gasteiger partial charge in [0.25, 0.3) is 0 Å². The molecule has 0 aromatic heterocycles. The van der Waals surface area contributed by atoms with Gasteiger partial charge < -0.3 is 10.0 Å². The van der Waals surface area contributed by atoms with Gasteiger partial charge in [-0.2, -0.15) is 0 Å². The highest BCUT2D eigenvalue weighted by atomic mass is 16.4. The zero-order valence-electron chi connectivity index (χ0n) is 13.5. The quantitative estimate of drug-likeness (QED) is 0.861. The van der Waals surface area contributed by atoms with Crippen molar-refractivity contribution in [1.82, 2.24) is 9.80 Å². The molecule has 0 radical (unpaired) electrons. The molecule has 5 nitrogen and oxygen atoms in total. The second-order valence-electron chi connectivity index (χ2n) is 7.50. The predicted molar refractivity (Wildman–Crippen MR) is 81.1 cm³/mol. The van der Waals surface area contributed by atoms with Crippen LogP contribution in [0.25, 0.3) is 0 Å². The Labute approximate surface area is 127 Å². The van der Waals surface area contributed by atoms with Crippen LogP contribution in [0.3, 0.4) is 0 Å². The van der Waals surface area contributed by atoms with E-state index in [1.54, 1.807) is 0 Å². The topological polar surface area (TPSA) is 60.9 Å². The van der Waals surface area contributed by atoms with Gasteiger partial charge in [0.1, 0.15) is 0 Å². The lowest BCUT2D eigenvalue weighted by Crippen LogP contribution is -2.59. The second kappa shape index (κ2) is 5.95. The number of nitrogens with zero attached hydrogens (tertiary/aromatic N) is 2. The third-order valence-electron chi connectivity index (χ3n) is 5.39. The van der Waals surface area contributed by atoms with Gasteiger partial charge in [0.05, 0.1) is 6.42 Å². The fourth-order valence-electron chi connectivity index (χ4n) is 3.75. The summed E-state index contributed by atoms with van der Waals surface area (Å²) in [6.45, 7) is 6.65. The monoisotopic (exact) mass is 296 g/mol. The summed E-state index contributed by atoms with van der Waals surface area (Å²) < 4.78 is 0. The number of piperazine rings is 1. The lowest BCUT2D eigenvalue weighted by atomic mass is 9.79. The van der Waals surface area contributed by atoms with Crippen LogP contribution >= 0.6 is 0 Å². The number of likely N-dealkylation sites (N-methyl/N-ethyl adjacent to an activating group) is 1. The SMILES string of the molecule is CN1CCN(C(=O)CC2(CC(=O)O)CCCC2)CC1(C)C. The van der Waals surface area contributed by atoms with Gasteiger partial charge in [0.2, 0.25) is 5.91 Å². The molecule has 120 valence electrons. The molecule has 1 saturated carbocycles. The number of carbonyl (C=O) groups excluding carboxylic acids is 1. The second-order valence-corrected chi connectivity index (χ2v) is 7.50. The maximum absolute atomic E-state index is 12.6. The number of carboxylic acids is 1. The van der Waals surface area contributed by atoms with Crippen LogP contribution in [0.1, 0.15) is 52.4 Å². The summed E-state index contributed by atoms with van der Waals surface area (Å²) in [5.41, 5.74) is -0.306. The first-order valence-corrected chi connectivity index (χ1v) is 7.95. The Morgan fingerprint density at radius 1 is 1.10 bits per heavy atom. The minimum absolute atomic E-state index is 0.0104. The van der Waals surface area contributed by atoms with Crippen LogP contribution in [0.5, 0.6) is 0 Å². The van der Waals surface area contributed by atoms with E-state index in [1.807, 2.05) is 4.90 Å². The van der Waals surface area contributed by atoms with Gasteiger partial charge in [-0.1, -0.05) is 12.8 Å². The van der Waals surface area contributed by atoms with Crippen molar-refractivity contribution in [3.63, 3.8) is 0 Å². The van der Waals surface area contributed by atoms with Crippen molar-refractivity contribution < 1.29 is 14.7 Å². The van der Waals surface area contributed by atoms with Crippen molar-refractivity contribution in [1.29, 1.82) is 0 Å². The molecule has 0 unspecified atom stereocenters. The fourth-order valence-corrected chi connectivity index (χ4v) is 3.75. The molecular formula is C16H28N2O3. The fraction of sp³-hybridized carbons (Fsp3) is 0.875. The molecule has 2 aliphatic rings. The van der Waals surface area contributed by atoms with E-state index in [2.05, 4.69) is 25.8 Å². The molecule has 1 aliphatic carbocycles. The first kappa shape index (κ1) is 16.3. The molecule has 1 aliphatic heterocycles. The first-order valence-electron chi connectivity index (χ1n) is 7.95. The molecule has 1 amide bonds. The van der Waals surface area contributed by atoms with Gasteiger partial charge in [-0.15, -0.1) is 0 Å². The third-order valence-corrected chi connectivity index (χ3v) is 5.39. The van der Waals surface area contributed by atoms with Crippen molar-refractivity contribution in [2.24, 2.45) is 5.41 Å². The van der Waals surface area contributed by atoms with Gasteiger partial charge >= 0.3 is 5.97 Å². The molecule has 2 fully saturated rings. The standard InChI is InChI=1S/C16H28N2O3/c1-15(2)12-18(9-8-17(15)3)13(19)10-16(11-14(20)21)6-4-5-7-16/h4-12H2,1-3H3,(H,20,21). The Morgan fingerprint density at radius 2 is 1.71 bits per heavy atom. The highest BCUT2D eigenvalue weighted by Crippen LogP contribution is 2.44. The molecule has 0 atom stereocenters. The number of amides is 1. The van der Waals surface area contributed by atoms with Gasteiger partial charge in [0, 0.05) is 31.6 Å². The van der Waals surface area contributed by atoms with Crippen LogP contribution < -0.4 is 0 Å². The Hall–Kier alpha value is -1.10. The minimum Gasteiger partial charge on any atom is -0.481 e. The molecule has 21 heavy (non-hydrogen) atoms. The molecule has 0 aromatic rings. The van der Waals surface area contributed by atoms with Crippen LogP contribution in [-0.4, -0.2) is 59.0 Å². The Balaban J connectivity index is 2.01. The normalized spacial score (nSPS) is 25.0. The smallest absolute Gasteiger partial charge is 0.303 e. The first-order chi connectivity index (χ1) is 9.74. The van der Waals surface area contributed by atoms with Crippen molar-refractivity contribution in [3.05, 3.63) is 0 Å². The Bertz CT molecular complexity index is 414.